The minimum atomic E-state index is -0.143. The SMILES string of the molecule is COC(=O)C(C)CN(C)CCCCN. The highest BCUT2D eigenvalue weighted by Gasteiger charge is 2.14. The average Bonchev–Trinajstić information content (AvgIpc) is 2.16. The molecule has 0 aromatic rings. The van der Waals surface area contributed by atoms with E-state index in [4.69, 9.17) is 5.73 Å². The topological polar surface area (TPSA) is 55.6 Å². The Bertz CT molecular complexity index is 162. The van der Waals surface area contributed by atoms with Gasteiger partial charge in [-0.15, -0.1) is 0 Å². The fourth-order valence-electron chi connectivity index (χ4n) is 1.36. The van der Waals surface area contributed by atoms with Gasteiger partial charge in [0.1, 0.15) is 0 Å². The second-order valence-electron chi connectivity index (χ2n) is 3.68. The Morgan fingerprint density at radius 3 is 2.64 bits per heavy atom. The zero-order chi connectivity index (χ0) is 11.0. The molecule has 0 bridgehead atoms. The van der Waals surface area contributed by atoms with Crippen LogP contribution in [0.15, 0.2) is 0 Å². The molecule has 0 aliphatic heterocycles. The molecule has 1 unspecified atom stereocenters. The normalized spacial score (nSPS) is 12.9. The third-order valence-corrected chi connectivity index (χ3v) is 2.18. The van der Waals surface area contributed by atoms with Crippen molar-refractivity contribution in [2.24, 2.45) is 11.7 Å². The van der Waals surface area contributed by atoms with Gasteiger partial charge in [0.2, 0.25) is 0 Å². The first-order valence-corrected chi connectivity index (χ1v) is 5.08. The van der Waals surface area contributed by atoms with Crippen LogP contribution >= 0.6 is 0 Å². The van der Waals surface area contributed by atoms with Crippen LogP contribution in [0.4, 0.5) is 0 Å². The van der Waals surface area contributed by atoms with E-state index >= 15 is 0 Å². The molecule has 14 heavy (non-hydrogen) atoms. The minimum Gasteiger partial charge on any atom is -0.469 e. The largest absolute Gasteiger partial charge is 0.469 e. The maximum Gasteiger partial charge on any atom is 0.309 e. The van der Waals surface area contributed by atoms with Gasteiger partial charge in [-0.3, -0.25) is 4.79 Å². The van der Waals surface area contributed by atoms with E-state index in [0.717, 1.165) is 32.5 Å². The summed E-state index contributed by atoms with van der Waals surface area (Å²) in [6, 6.07) is 0. The molecule has 0 amide bonds. The van der Waals surface area contributed by atoms with Crippen molar-refractivity contribution in [3.05, 3.63) is 0 Å². The minimum absolute atomic E-state index is 0.0529. The van der Waals surface area contributed by atoms with Crippen molar-refractivity contribution in [1.29, 1.82) is 0 Å². The maximum atomic E-state index is 11.1. The third kappa shape index (κ3) is 5.94. The van der Waals surface area contributed by atoms with Crippen molar-refractivity contribution in [2.75, 3.05) is 33.8 Å². The molecule has 0 spiro atoms. The van der Waals surface area contributed by atoms with Gasteiger partial charge in [-0.05, 0) is 33.0 Å². The van der Waals surface area contributed by atoms with Gasteiger partial charge in [0.15, 0.2) is 0 Å². The van der Waals surface area contributed by atoms with Crippen LogP contribution in [0.2, 0.25) is 0 Å². The molecule has 84 valence electrons. The number of carbonyl (C=O) groups is 1. The Morgan fingerprint density at radius 1 is 1.50 bits per heavy atom. The Balaban J connectivity index is 3.59. The summed E-state index contributed by atoms with van der Waals surface area (Å²) in [6.07, 6.45) is 2.12. The molecule has 0 saturated carbocycles. The molecular formula is C10H22N2O2. The van der Waals surface area contributed by atoms with Crippen LogP contribution in [-0.2, 0) is 9.53 Å². The Morgan fingerprint density at radius 2 is 2.14 bits per heavy atom. The number of methoxy groups -OCH3 is 1. The van der Waals surface area contributed by atoms with E-state index in [2.05, 4.69) is 9.64 Å². The first-order chi connectivity index (χ1) is 6.61. The van der Waals surface area contributed by atoms with Crippen LogP contribution in [0, 0.1) is 5.92 Å². The number of hydrogen-bond acceptors (Lipinski definition) is 4. The van der Waals surface area contributed by atoms with Crippen molar-refractivity contribution < 1.29 is 9.53 Å². The number of rotatable bonds is 7. The zero-order valence-electron chi connectivity index (χ0n) is 9.45. The summed E-state index contributed by atoms with van der Waals surface area (Å²) in [4.78, 5) is 13.2. The maximum absolute atomic E-state index is 11.1. The second-order valence-corrected chi connectivity index (χ2v) is 3.68. The Hall–Kier alpha value is -0.610. The molecule has 0 aromatic heterocycles. The van der Waals surface area contributed by atoms with E-state index in [-0.39, 0.29) is 11.9 Å². The van der Waals surface area contributed by atoms with Crippen molar-refractivity contribution >= 4 is 5.97 Å². The van der Waals surface area contributed by atoms with Gasteiger partial charge in [-0.1, -0.05) is 6.92 Å². The first-order valence-electron chi connectivity index (χ1n) is 5.08. The van der Waals surface area contributed by atoms with Crippen LogP contribution in [0.5, 0.6) is 0 Å². The lowest BCUT2D eigenvalue weighted by molar-refractivity contribution is -0.145. The van der Waals surface area contributed by atoms with E-state index in [1.807, 2.05) is 14.0 Å². The number of hydrogen-bond donors (Lipinski definition) is 1. The zero-order valence-corrected chi connectivity index (χ0v) is 9.45. The van der Waals surface area contributed by atoms with Crippen LogP contribution in [0.25, 0.3) is 0 Å². The summed E-state index contributed by atoms with van der Waals surface area (Å²) < 4.78 is 4.65. The molecule has 0 saturated heterocycles. The fourth-order valence-corrected chi connectivity index (χ4v) is 1.36. The lowest BCUT2D eigenvalue weighted by atomic mass is 10.1. The molecule has 4 nitrogen and oxygen atoms in total. The van der Waals surface area contributed by atoms with Gasteiger partial charge in [0.05, 0.1) is 13.0 Å². The second kappa shape index (κ2) is 7.76. The fraction of sp³-hybridized carbons (Fsp3) is 0.900. The average molecular weight is 202 g/mol. The van der Waals surface area contributed by atoms with Gasteiger partial charge in [0, 0.05) is 6.54 Å². The lowest BCUT2D eigenvalue weighted by Gasteiger charge is -2.19. The molecule has 0 aromatic carbocycles. The molecule has 0 fully saturated rings. The summed E-state index contributed by atoms with van der Waals surface area (Å²) in [7, 11) is 3.43. The first kappa shape index (κ1) is 13.4. The number of ether oxygens (including phenoxy) is 1. The third-order valence-electron chi connectivity index (χ3n) is 2.18. The van der Waals surface area contributed by atoms with Crippen molar-refractivity contribution in [2.45, 2.75) is 19.8 Å². The van der Waals surface area contributed by atoms with E-state index in [9.17, 15) is 4.79 Å². The highest BCUT2D eigenvalue weighted by molar-refractivity contribution is 5.71. The van der Waals surface area contributed by atoms with E-state index < -0.39 is 0 Å². The highest BCUT2D eigenvalue weighted by Crippen LogP contribution is 2.01. The van der Waals surface area contributed by atoms with Gasteiger partial charge in [-0.2, -0.15) is 0 Å². The molecule has 1 atom stereocenters. The molecule has 0 aliphatic rings. The molecule has 0 rings (SSSR count). The summed E-state index contributed by atoms with van der Waals surface area (Å²) in [6.45, 7) is 4.35. The van der Waals surface area contributed by atoms with Crippen molar-refractivity contribution in [1.82, 2.24) is 4.90 Å². The van der Waals surface area contributed by atoms with Crippen molar-refractivity contribution in [3.8, 4) is 0 Å². The van der Waals surface area contributed by atoms with Gasteiger partial charge in [-0.25, -0.2) is 0 Å². The summed E-state index contributed by atoms with van der Waals surface area (Å²) >= 11 is 0. The van der Waals surface area contributed by atoms with E-state index in [1.165, 1.54) is 7.11 Å². The predicted octanol–water partition coefficient (Wildman–Crippen LogP) is 0.466. The number of esters is 1. The smallest absolute Gasteiger partial charge is 0.309 e. The standard InChI is InChI=1S/C10H22N2O2/c1-9(10(13)14-3)8-12(2)7-5-4-6-11/h9H,4-8,11H2,1-3H3. The van der Waals surface area contributed by atoms with E-state index in [0.29, 0.717) is 0 Å². The van der Waals surface area contributed by atoms with Crippen LogP contribution in [0.1, 0.15) is 19.8 Å². The van der Waals surface area contributed by atoms with Crippen LogP contribution in [-0.4, -0.2) is 44.7 Å². The number of nitrogens with zero attached hydrogens (tertiary/aromatic N) is 1. The lowest BCUT2D eigenvalue weighted by Crippen LogP contribution is -2.30. The molecule has 0 aliphatic carbocycles. The van der Waals surface area contributed by atoms with Gasteiger partial charge < -0.3 is 15.4 Å². The van der Waals surface area contributed by atoms with E-state index in [1.54, 1.807) is 0 Å². The number of nitrogens with two attached hydrogens (primary N) is 1. The molecule has 4 heteroatoms. The molecule has 0 heterocycles. The summed E-state index contributed by atoms with van der Waals surface area (Å²) in [5.41, 5.74) is 5.39. The molecular weight excluding hydrogens is 180 g/mol. The number of carbonyl (C=O) groups excluding carboxylic acids is 1. The molecule has 2 N–H and O–H groups in total. The monoisotopic (exact) mass is 202 g/mol. The summed E-state index contributed by atoms with van der Waals surface area (Å²) in [5.74, 6) is -0.196. The predicted molar refractivity (Wildman–Crippen MR) is 57.0 cm³/mol. The quantitative estimate of drug-likeness (QED) is 0.481. The van der Waals surface area contributed by atoms with Crippen LogP contribution < -0.4 is 5.73 Å². The highest BCUT2D eigenvalue weighted by atomic mass is 16.5. The van der Waals surface area contributed by atoms with Crippen LogP contribution in [0.3, 0.4) is 0 Å². The van der Waals surface area contributed by atoms with Gasteiger partial charge >= 0.3 is 5.97 Å². The Labute approximate surface area is 86.4 Å². The Kier molecular flexibility index (Phi) is 7.42. The van der Waals surface area contributed by atoms with Gasteiger partial charge in [0.25, 0.3) is 0 Å². The summed E-state index contributed by atoms with van der Waals surface area (Å²) in [5, 5.41) is 0. The molecule has 0 radical (unpaired) electrons. The van der Waals surface area contributed by atoms with Crippen molar-refractivity contribution in [3.63, 3.8) is 0 Å². The number of unbranched alkanes of at least 4 members (excludes halogenated alkanes) is 1.